The average molecular weight is 436 g/mol. The maximum atomic E-state index is 4.93. The Balaban J connectivity index is 1.52. The molecule has 2 fully saturated rings. The third kappa shape index (κ3) is 5.93. The highest BCUT2D eigenvalue weighted by Crippen LogP contribution is 2.50. The van der Waals surface area contributed by atoms with Crippen LogP contribution in [-0.4, -0.2) is 75.2 Å². The molecule has 2 aliphatic rings. The first-order valence-electron chi connectivity index (χ1n) is 10.3. The summed E-state index contributed by atoms with van der Waals surface area (Å²) in [6, 6.07) is 8.59. The van der Waals surface area contributed by atoms with E-state index < -0.39 is 0 Å². The van der Waals surface area contributed by atoms with Crippen LogP contribution in [0.25, 0.3) is 0 Å². The first-order chi connectivity index (χ1) is 13.1. The molecule has 1 heterocycles. The van der Waals surface area contributed by atoms with Gasteiger partial charge in [0.1, 0.15) is 0 Å². The summed E-state index contributed by atoms with van der Waals surface area (Å²) in [5, 5.41) is 6.94. The predicted octanol–water partition coefficient (Wildman–Crippen LogP) is 2.67. The number of hydrogen-bond donors (Lipinski definition) is 2. The molecule has 1 aromatic carbocycles. The molecule has 0 spiro atoms. The summed E-state index contributed by atoms with van der Waals surface area (Å²) in [6.45, 7) is 10.6. The normalized spacial score (nSPS) is 20.9. The number of guanidine groups is 1. The van der Waals surface area contributed by atoms with Gasteiger partial charge in [-0.25, -0.2) is 0 Å². The van der Waals surface area contributed by atoms with Crippen LogP contribution in [0.15, 0.2) is 33.7 Å². The molecule has 1 saturated heterocycles. The van der Waals surface area contributed by atoms with E-state index in [0.717, 1.165) is 38.7 Å². The van der Waals surface area contributed by atoms with Crippen LogP contribution in [0, 0.1) is 0 Å². The number of hydrogen-bond acceptors (Lipinski definition) is 3. The highest BCUT2D eigenvalue weighted by atomic mass is 79.9. The van der Waals surface area contributed by atoms with Crippen LogP contribution < -0.4 is 10.6 Å². The van der Waals surface area contributed by atoms with Crippen LogP contribution in [0.1, 0.15) is 31.7 Å². The average Bonchev–Trinajstić information content (AvgIpc) is 3.46. The Morgan fingerprint density at radius 3 is 2.70 bits per heavy atom. The van der Waals surface area contributed by atoms with Gasteiger partial charge in [0.2, 0.25) is 0 Å². The van der Waals surface area contributed by atoms with E-state index in [2.05, 4.69) is 74.6 Å². The minimum Gasteiger partial charge on any atom is -0.357 e. The Kier molecular flexibility index (Phi) is 7.56. The van der Waals surface area contributed by atoms with Crippen LogP contribution in [0.4, 0.5) is 0 Å². The fraction of sp³-hybridized carbons (Fsp3) is 0.667. The standard InChI is InChI=1S/C21H34BrN5/c1-3-23-20(24-11-14-27-13-6-12-26(2)15-16-27)25-17-21(9-10-21)18-7-4-5-8-19(18)22/h4-5,7-8H,3,6,9-17H2,1-2H3,(H2,23,24,25). The molecule has 0 aromatic heterocycles. The molecule has 1 aromatic rings. The van der Waals surface area contributed by atoms with E-state index in [-0.39, 0.29) is 5.41 Å². The van der Waals surface area contributed by atoms with Gasteiger partial charge in [0.05, 0.1) is 6.54 Å². The van der Waals surface area contributed by atoms with Crippen molar-refractivity contribution in [2.24, 2.45) is 4.99 Å². The van der Waals surface area contributed by atoms with E-state index in [1.165, 1.54) is 48.9 Å². The minimum atomic E-state index is 0.220. The maximum Gasteiger partial charge on any atom is 0.191 e. The molecule has 0 amide bonds. The molecule has 1 aliphatic heterocycles. The number of nitrogens with zero attached hydrogens (tertiary/aromatic N) is 3. The molecule has 2 N–H and O–H groups in total. The predicted molar refractivity (Wildman–Crippen MR) is 118 cm³/mol. The Morgan fingerprint density at radius 1 is 1.15 bits per heavy atom. The van der Waals surface area contributed by atoms with E-state index in [9.17, 15) is 0 Å². The number of nitrogens with one attached hydrogen (secondary N) is 2. The molecule has 5 nitrogen and oxygen atoms in total. The van der Waals surface area contributed by atoms with Gasteiger partial charge in [-0.2, -0.15) is 0 Å². The molecule has 1 saturated carbocycles. The molecule has 0 bridgehead atoms. The lowest BCUT2D eigenvalue weighted by Gasteiger charge is -2.21. The molecule has 3 rings (SSSR count). The monoisotopic (exact) mass is 435 g/mol. The zero-order chi connectivity index (χ0) is 19.1. The molecule has 0 unspecified atom stereocenters. The lowest BCUT2D eigenvalue weighted by atomic mass is 9.96. The molecule has 27 heavy (non-hydrogen) atoms. The van der Waals surface area contributed by atoms with Gasteiger partial charge >= 0.3 is 0 Å². The van der Waals surface area contributed by atoms with Crippen LogP contribution in [0.5, 0.6) is 0 Å². The second-order valence-electron chi connectivity index (χ2n) is 7.88. The lowest BCUT2D eigenvalue weighted by Crippen LogP contribution is -2.42. The van der Waals surface area contributed by atoms with E-state index in [4.69, 9.17) is 4.99 Å². The second kappa shape index (κ2) is 9.89. The second-order valence-corrected chi connectivity index (χ2v) is 8.73. The summed E-state index contributed by atoms with van der Waals surface area (Å²) < 4.78 is 1.21. The largest absolute Gasteiger partial charge is 0.357 e. The minimum absolute atomic E-state index is 0.220. The van der Waals surface area contributed by atoms with Crippen molar-refractivity contribution in [3.8, 4) is 0 Å². The molecule has 0 atom stereocenters. The van der Waals surface area contributed by atoms with Crippen molar-refractivity contribution >= 4 is 21.9 Å². The van der Waals surface area contributed by atoms with E-state index in [1.54, 1.807) is 0 Å². The van der Waals surface area contributed by atoms with Gasteiger partial charge in [0.25, 0.3) is 0 Å². The number of halogens is 1. The van der Waals surface area contributed by atoms with Gasteiger partial charge in [0, 0.05) is 42.6 Å². The molecule has 1 aliphatic carbocycles. The summed E-state index contributed by atoms with van der Waals surface area (Å²) in [4.78, 5) is 9.91. The summed E-state index contributed by atoms with van der Waals surface area (Å²) >= 11 is 3.72. The fourth-order valence-corrected chi connectivity index (χ4v) is 4.49. The molecule has 150 valence electrons. The molecule has 0 radical (unpaired) electrons. The highest BCUT2D eigenvalue weighted by molar-refractivity contribution is 9.10. The first-order valence-corrected chi connectivity index (χ1v) is 11.1. The van der Waals surface area contributed by atoms with Gasteiger partial charge in [-0.3, -0.25) is 4.99 Å². The van der Waals surface area contributed by atoms with Crippen molar-refractivity contribution in [2.45, 2.75) is 31.6 Å². The number of rotatable bonds is 7. The third-order valence-electron chi connectivity index (χ3n) is 5.72. The molecule has 6 heteroatoms. The smallest absolute Gasteiger partial charge is 0.191 e. The van der Waals surface area contributed by atoms with Crippen molar-refractivity contribution < 1.29 is 0 Å². The zero-order valence-electron chi connectivity index (χ0n) is 16.8. The zero-order valence-corrected chi connectivity index (χ0v) is 18.4. The van der Waals surface area contributed by atoms with E-state index in [0.29, 0.717) is 0 Å². The van der Waals surface area contributed by atoms with Crippen molar-refractivity contribution in [1.29, 1.82) is 0 Å². The van der Waals surface area contributed by atoms with Crippen molar-refractivity contribution in [3.63, 3.8) is 0 Å². The van der Waals surface area contributed by atoms with E-state index >= 15 is 0 Å². The van der Waals surface area contributed by atoms with Gasteiger partial charge in [-0.1, -0.05) is 34.1 Å². The SMILES string of the molecule is CCNC(=NCC1(c2ccccc2Br)CC1)NCCN1CCCN(C)CC1. The van der Waals surface area contributed by atoms with Gasteiger partial charge in [0.15, 0.2) is 5.96 Å². The first kappa shape index (κ1) is 20.6. The van der Waals surface area contributed by atoms with Gasteiger partial charge in [-0.05, 0) is 58.0 Å². The van der Waals surface area contributed by atoms with Crippen LogP contribution in [0.2, 0.25) is 0 Å². The number of benzene rings is 1. The third-order valence-corrected chi connectivity index (χ3v) is 6.41. The maximum absolute atomic E-state index is 4.93. The highest BCUT2D eigenvalue weighted by Gasteiger charge is 2.45. The van der Waals surface area contributed by atoms with E-state index in [1.807, 2.05) is 0 Å². The summed E-state index contributed by atoms with van der Waals surface area (Å²) in [7, 11) is 2.22. The van der Waals surface area contributed by atoms with Gasteiger partial charge in [-0.15, -0.1) is 0 Å². The number of likely N-dealkylation sites (N-methyl/N-ethyl adjacent to an activating group) is 1. The van der Waals surface area contributed by atoms with Crippen molar-refractivity contribution in [3.05, 3.63) is 34.3 Å². The fourth-order valence-electron chi connectivity index (χ4n) is 3.78. The summed E-state index contributed by atoms with van der Waals surface area (Å²) in [6.07, 6.45) is 3.71. The Labute approximate surface area is 172 Å². The quantitative estimate of drug-likeness (QED) is 0.510. The van der Waals surface area contributed by atoms with Crippen LogP contribution >= 0.6 is 15.9 Å². The van der Waals surface area contributed by atoms with Gasteiger partial charge < -0.3 is 20.4 Å². The van der Waals surface area contributed by atoms with Crippen LogP contribution in [-0.2, 0) is 5.41 Å². The summed E-state index contributed by atoms with van der Waals surface area (Å²) in [5.74, 6) is 0.947. The topological polar surface area (TPSA) is 42.9 Å². The molecular formula is C21H34BrN5. The van der Waals surface area contributed by atoms with Crippen molar-refractivity contribution in [2.75, 3.05) is 59.4 Å². The Bertz CT molecular complexity index is 629. The Morgan fingerprint density at radius 2 is 1.96 bits per heavy atom. The number of aliphatic imine (C=N–C) groups is 1. The lowest BCUT2D eigenvalue weighted by molar-refractivity contribution is 0.280. The molecular weight excluding hydrogens is 402 g/mol. The Hall–Kier alpha value is -1.11. The summed E-state index contributed by atoms with van der Waals surface area (Å²) in [5.41, 5.74) is 1.62. The van der Waals surface area contributed by atoms with Crippen LogP contribution in [0.3, 0.4) is 0 Å². The van der Waals surface area contributed by atoms with Crippen molar-refractivity contribution in [1.82, 2.24) is 20.4 Å².